The van der Waals surface area contributed by atoms with Crippen molar-refractivity contribution in [1.82, 2.24) is 19.8 Å². The maximum atomic E-state index is 13.6. The van der Waals surface area contributed by atoms with Crippen LogP contribution in [0.4, 0.5) is 11.4 Å². The third-order valence-corrected chi connectivity index (χ3v) is 8.95. The van der Waals surface area contributed by atoms with Crippen LogP contribution in [0.1, 0.15) is 31.5 Å². The van der Waals surface area contributed by atoms with Crippen LogP contribution in [0.3, 0.4) is 0 Å². The summed E-state index contributed by atoms with van der Waals surface area (Å²) in [5.41, 5.74) is 3.37. The minimum Gasteiger partial charge on any atom is -0.351 e. The number of halogens is 1. The molecule has 1 heterocycles. The van der Waals surface area contributed by atoms with Gasteiger partial charge in [-0.2, -0.15) is 0 Å². The summed E-state index contributed by atoms with van der Waals surface area (Å²) in [4.78, 5) is 30.6. The molecular weight excluding hydrogens is 664 g/mol. The van der Waals surface area contributed by atoms with Crippen LogP contribution < -0.4 is 10.6 Å². The lowest BCUT2D eigenvalue weighted by molar-refractivity contribution is -0.384. The average Bonchev–Trinajstić information content (AvgIpc) is 3.51. The largest absolute Gasteiger partial charge is 0.351 e. The zero-order chi connectivity index (χ0) is 32.6. The highest BCUT2D eigenvalue weighted by molar-refractivity contribution is 9.10. The van der Waals surface area contributed by atoms with Gasteiger partial charge in [0.05, 0.1) is 23.4 Å². The molecule has 1 aromatic heterocycles. The zero-order valence-electron chi connectivity index (χ0n) is 25.6. The standard InChI is InChI=1S/C35H35BrN6O3S/c1-3-24(2)33(39-34(43)19-31-20-37-23-41(31)29-14-16-30(17-15-29)42(44)45)22-40(35(46)38-28-12-7-11-27(36)18-28)21-26-10-6-9-25-8-4-5-13-32(25)26/h4-18,20,23-24,33H,3,19,21-22H2,1-2H3,(H,38,46)(H,39,43). The Labute approximate surface area is 281 Å². The quantitative estimate of drug-likeness (QED) is 0.0783. The van der Waals surface area contributed by atoms with E-state index in [1.165, 1.54) is 12.1 Å². The number of anilines is 1. The first-order valence-electron chi connectivity index (χ1n) is 15.1. The minimum atomic E-state index is -0.440. The van der Waals surface area contributed by atoms with Gasteiger partial charge in [0.15, 0.2) is 5.11 Å². The van der Waals surface area contributed by atoms with E-state index in [1.807, 2.05) is 36.4 Å². The van der Waals surface area contributed by atoms with Crippen molar-refractivity contribution in [2.24, 2.45) is 5.92 Å². The van der Waals surface area contributed by atoms with E-state index < -0.39 is 4.92 Å². The first-order chi connectivity index (χ1) is 22.2. The van der Waals surface area contributed by atoms with Gasteiger partial charge >= 0.3 is 0 Å². The normalized spacial score (nSPS) is 12.3. The average molecular weight is 700 g/mol. The number of thiocarbonyl (C=S) groups is 1. The number of nitrogens with zero attached hydrogens (tertiary/aromatic N) is 4. The van der Waals surface area contributed by atoms with Gasteiger partial charge in [-0.15, -0.1) is 0 Å². The Morgan fingerprint density at radius 1 is 1.07 bits per heavy atom. The second-order valence-corrected chi connectivity index (χ2v) is 12.5. The van der Waals surface area contributed by atoms with Crippen molar-refractivity contribution >= 4 is 61.3 Å². The molecule has 2 N–H and O–H groups in total. The fraction of sp³-hybridized carbons (Fsp3) is 0.229. The molecule has 5 rings (SSSR count). The summed E-state index contributed by atoms with van der Waals surface area (Å²) in [6.07, 6.45) is 4.20. The molecule has 0 saturated heterocycles. The molecule has 0 aliphatic rings. The molecule has 0 bridgehead atoms. The number of non-ortho nitro benzene ring substituents is 1. The van der Waals surface area contributed by atoms with Gasteiger partial charge in [0.2, 0.25) is 5.91 Å². The number of rotatable bonds is 12. The monoisotopic (exact) mass is 698 g/mol. The molecule has 9 nitrogen and oxygen atoms in total. The van der Waals surface area contributed by atoms with Crippen molar-refractivity contribution in [3.8, 4) is 5.69 Å². The van der Waals surface area contributed by atoms with E-state index in [9.17, 15) is 14.9 Å². The van der Waals surface area contributed by atoms with Crippen LogP contribution in [0.15, 0.2) is 108 Å². The molecule has 1 amide bonds. The smallest absolute Gasteiger partial charge is 0.269 e. The van der Waals surface area contributed by atoms with Crippen LogP contribution in [-0.4, -0.2) is 43.0 Å². The van der Waals surface area contributed by atoms with Crippen molar-refractivity contribution in [1.29, 1.82) is 0 Å². The van der Waals surface area contributed by atoms with Crippen molar-refractivity contribution in [2.45, 2.75) is 39.3 Å². The molecule has 2 unspecified atom stereocenters. The predicted molar refractivity (Wildman–Crippen MR) is 190 cm³/mol. The van der Waals surface area contributed by atoms with Gasteiger partial charge < -0.3 is 20.1 Å². The van der Waals surface area contributed by atoms with Crippen LogP contribution in [0.25, 0.3) is 16.5 Å². The highest BCUT2D eigenvalue weighted by Gasteiger charge is 2.24. The van der Waals surface area contributed by atoms with E-state index in [0.29, 0.717) is 29.6 Å². The Hall–Kier alpha value is -4.61. The number of hydrogen-bond acceptors (Lipinski definition) is 5. The summed E-state index contributed by atoms with van der Waals surface area (Å²) in [5, 5.41) is 20.6. The Morgan fingerprint density at radius 3 is 2.54 bits per heavy atom. The van der Waals surface area contributed by atoms with E-state index >= 15 is 0 Å². The summed E-state index contributed by atoms with van der Waals surface area (Å²) < 4.78 is 2.71. The third kappa shape index (κ3) is 8.15. The van der Waals surface area contributed by atoms with Gasteiger partial charge in [-0.3, -0.25) is 14.9 Å². The number of fused-ring (bicyclic) bond motifs is 1. The molecule has 236 valence electrons. The minimum absolute atomic E-state index is 0.0000824. The van der Waals surface area contributed by atoms with Gasteiger partial charge in [0.1, 0.15) is 0 Å². The third-order valence-electron chi connectivity index (χ3n) is 8.09. The van der Waals surface area contributed by atoms with E-state index in [1.54, 1.807) is 29.2 Å². The number of nitro benzene ring substituents is 1. The Morgan fingerprint density at radius 2 is 1.80 bits per heavy atom. The summed E-state index contributed by atoms with van der Waals surface area (Å²) in [6.45, 7) is 5.29. The lowest BCUT2D eigenvalue weighted by Gasteiger charge is -2.33. The highest BCUT2D eigenvalue weighted by Crippen LogP contribution is 2.23. The van der Waals surface area contributed by atoms with Crippen LogP contribution in [0.2, 0.25) is 0 Å². The van der Waals surface area contributed by atoms with Gasteiger partial charge in [-0.25, -0.2) is 4.98 Å². The summed E-state index contributed by atoms with van der Waals surface area (Å²) >= 11 is 9.54. The van der Waals surface area contributed by atoms with Crippen molar-refractivity contribution < 1.29 is 9.72 Å². The van der Waals surface area contributed by atoms with Crippen molar-refractivity contribution in [2.75, 3.05) is 11.9 Å². The molecule has 5 aromatic rings. The molecule has 11 heteroatoms. The van der Waals surface area contributed by atoms with E-state index in [4.69, 9.17) is 12.2 Å². The molecule has 0 aliphatic heterocycles. The number of aromatic nitrogens is 2. The van der Waals surface area contributed by atoms with Crippen molar-refractivity contribution in [3.05, 3.63) is 129 Å². The molecule has 0 aliphatic carbocycles. The first-order valence-corrected chi connectivity index (χ1v) is 16.3. The van der Waals surface area contributed by atoms with Gasteiger partial charge in [-0.05, 0) is 64.8 Å². The number of carbonyl (C=O) groups excluding carboxylic acids is 1. The number of benzene rings is 4. The number of nitro groups is 1. The van der Waals surface area contributed by atoms with Crippen molar-refractivity contribution in [3.63, 3.8) is 0 Å². The lowest BCUT2D eigenvalue weighted by atomic mass is 9.97. The molecule has 0 spiro atoms. The van der Waals surface area contributed by atoms with E-state index in [-0.39, 0.29) is 30.0 Å². The molecule has 0 saturated carbocycles. The van der Waals surface area contributed by atoms with Gasteiger partial charge in [-0.1, -0.05) is 84.7 Å². The maximum Gasteiger partial charge on any atom is 0.269 e. The summed E-state index contributed by atoms with van der Waals surface area (Å²) in [6, 6.07) is 28.4. The van der Waals surface area contributed by atoms with Gasteiger partial charge in [0.25, 0.3) is 5.69 Å². The van der Waals surface area contributed by atoms with Crippen LogP contribution in [0.5, 0.6) is 0 Å². The Kier molecular flexibility index (Phi) is 10.8. The van der Waals surface area contributed by atoms with Crippen LogP contribution >= 0.6 is 28.1 Å². The predicted octanol–water partition coefficient (Wildman–Crippen LogP) is 7.67. The SMILES string of the molecule is CCC(C)C(CN(Cc1cccc2ccccc12)C(=S)Nc1cccc(Br)c1)NC(=O)Cc1cncn1-c1ccc([N+](=O)[O-])cc1. The zero-order valence-corrected chi connectivity index (χ0v) is 28.0. The molecule has 2 atom stereocenters. The van der Waals surface area contributed by atoms with Crippen LogP contribution in [0, 0.1) is 16.0 Å². The summed E-state index contributed by atoms with van der Waals surface area (Å²) in [5.74, 6) is 0.0113. The number of nitrogens with one attached hydrogen (secondary N) is 2. The fourth-order valence-electron chi connectivity index (χ4n) is 5.36. The van der Waals surface area contributed by atoms with E-state index in [0.717, 1.165) is 32.9 Å². The molecule has 0 fully saturated rings. The number of imidazole rings is 1. The van der Waals surface area contributed by atoms with Crippen LogP contribution in [-0.2, 0) is 17.8 Å². The van der Waals surface area contributed by atoms with Gasteiger partial charge in [0, 0.05) is 53.3 Å². The molecular formula is C35H35BrN6O3S. The molecule has 4 aromatic carbocycles. The number of carbonyl (C=O) groups is 1. The first kappa shape index (κ1) is 32.8. The number of amides is 1. The molecule has 46 heavy (non-hydrogen) atoms. The Balaban J connectivity index is 1.37. The fourth-order valence-corrected chi connectivity index (χ4v) is 6.01. The second kappa shape index (κ2) is 15.1. The highest BCUT2D eigenvalue weighted by atomic mass is 79.9. The number of hydrogen-bond donors (Lipinski definition) is 2. The lowest BCUT2D eigenvalue weighted by Crippen LogP contribution is -2.50. The maximum absolute atomic E-state index is 13.6. The molecule has 0 radical (unpaired) electrons. The topological polar surface area (TPSA) is 105 Å². The second-order valence-electron chi connectivity index (χ2n) is 11.2. The Bertz CT molecular complexity index is 1840. The summed E-state index contributed by atoms with van der Waals surface area (Å²) in [7, 11) is 0. The van der Waals surface area contributed by atoms with E-state index in [2.05, 4.69) is 80.6 Å².